The number of hydrogen-bond donors (Lipinski definition) is 0. The molecule has 3 aromatic rings. The van der Waals surface area contributed by atoms with Gasteiger partial charge in [0.2, 0.25) is 0 Å². The Kier molecular flexibility index (Phi) is 6.06. The molecule has 0 bridgehead atoms. The van der Waals surface area contributed by atoms with E-state index in [2.05, 4.69) is 29.7 Å². The van der Waals surface area contributed by atoms with Crippen molar-refractivity contribution in [3.63, 3.8) is 0 Å². The highest BCUT2D eigenvalue weighted by Crippen LogP contribution is 2.33. The number of benzene rings is 1. The molecule has 4 rings (SSSR count). The Hall–Kier alpha value is -3.48. The Morgan fingerprint density at radius 2 is 1.79 bits per heavy atom. The molecule has 2 aromatic heterocycles. The monoisotopic (exact) mass is 449 g/mol. The van der Waals surface area contributed by atoms with Crippen LogP contribution in [0.5, 0.6) is 11.5 Å². The molecule has 1 aliphatic heterocycles. The topological polar surface area (TPSA) is 65.3 Å². The molecule has 0 saturated heterocycles. The number of aryl methyl sites for hydroxylation is 1. The Bertz CT molecular complexity index is 1220. The fourth-order valence-electron chi connectivity index (χ4n) is 4.00. The molecular weight excluding hydrogens is 418 g/mol. The van der Waals surface area contributed by atoms with Gasteiger partial charge in [0.1, 0.15) is 11.2 Å². The van der Waals surface area contributed by atoms with E-state index < -0.39 is 5.60 Å². The molecule has 0 N–H and O–H groups in total. The Balaban J connectivity index is 1.60. The van der Waals surface area contributed by atoms with Crippen LogP contribution >= 0.6 is 0 Å². The number of nitrogens with zero attached hydrogens (tertiary/aromatic N) is 3. The summed E-state index contributed by atoms with van der Waals surface area (Å²) >= 11 is 0. The highest BCUT2D eigenvalue weighted by Gasteiger charge is 2.24. The first-order valence-corrected chi connectivity index (χ1v) is 11.1. The summed E-state index contributed by atoms with van der Waals surface area (Å²) in [6.45, 7) is 8.90. The number of hydrogen-bond acceptors (Lipinski definition) is 5. The number of rotatable bonds is 4. The zero-order valence-electron chi connectivity index (χ0n) is 20.1. The quantitative estimate of drug-likeness (QED) is 0.537. The highest BCUT2D eigenvalue weighted by molar-refractivity contribution is 5.74. The van der Waals surface area contributed by atoms with Gasteiger partial charge in [0.05, 0.1) is 19.9 Å². The summed E-state index contributed by atoms with van der Waals surface area (Å²) in [6.07, 6.45) is 6.76. The number of fused-ring (bicyclic) bond motifs is 1. The molecule has 1 amide bonds. The van der Waals surface area contributed by atoms with Gasteiger partial charge in [0.25, 0.3) is 0 Å². The van der Waals surface area contributed by atoms with Gasteiger partial charge in [-0.2, -0.15) is 0 Å². The molecule has 0 atom stereocenters. The second-order valence-electron chi connectivity index (χ2n) is 9.24. The lowest BCUT2D eigenvalue weighted by molar-refractivity contribution is 0.0270. The normalized spacial score (nSPS) is 14.2. The van der Waals surface area contributed by atoms with Crippen molar-refractivity contribution in [2.45, 2.75) is 39.7 Å². The summed E-state index contributed by atoms with van der Waals surface area (Å²) in [5.41, 5.74) is 5.70. The minimum Gasteiger partial charge on any atom is -0.493 e. The van der Waals surface area contributed by atoms with Crippen LogP contribution in [0.3, 0.4) is 0 Å². The third kappa shape index (κ3) is 4.82. The average molecular weight is 450 g/mol. The number of imidazole rings is 1. The van der Waals surface area contributed by atoms with Gasteiger partial charge in [-0.15, -0.1) is 0 Å². The van der Waals surface area contributed by atoms with E-state index in [4.69, 9.17) is 19.2 Å². The summed E-state index contributed by atoms with van der Waals surface area (Å²) in [4.78, 5) is 18.9. The van der Waals surface area contributed by atoms with Gasteiger partial charge < -0.3 is 23.5 Å². The number of carbonyl (C=O) groups excluding carboxylic acids is 1. The van der Waals surface area contributed by atoms with Crippen LogP contribution in [-0.2, 0) is 4.74 Å². The first-order chi connectivity index (χ1) is 15.7. The Morgan fingerprint density at radius 1 is 1.03 bits per heavy atom. The maximum Gasteiger partial charge on any atom is 0.410 e. The summed E-state index contributed by atoms with van der Waals surface area (Å²) in [6, 6.07) is 7.97. The van der Waals surface area contributed by atoms with Gasteiger partial charge in [-0.05, 0) is 75.1 Å². The molecule has 1 aliphatic rings. The lowest BCUT2D eigenvalue weighted by atomic mass is 10.00. The molecule has 0 spiro atoms. The zero-order chi connectivity index (χ0) is 23.8. The van der Waals surface area contributed by atoms with Crippen molar-refractivity contribution in [1.29, 1.82) is 0 Å². The molecule has 3 heterocycles. The van der Waals surface area contributed by atoms with Crippen LogP contribution in [0.4, 0.5) is 4.79 Å². The van der Waals surface area contributed by atoms with E-state index >= 15 is 0 Å². The fourth-order valence-corrected chi connectivity index (χ4v) is 4.00. The molecule has 0 fully saturated rings. The minimum absolute atomic E-state index is 0.265. The number of methoxy groups -OCH3 is 2. The largest absolute Gasteiger partial charge is 0.493 e. The third-order valence-corrected chi connectivity index (χ3v) is 5.65. The highest BCUT2D eigenvalue weighted by atomic mass is 16.6. The van der Waals surface area contributed by atoms with E-state index in [1.54, 1.807) is 19.1 Å². The van der Waals surface area contributed by atoms with Gasteiger partial charge >= 0.3 is 6.09 Å². The lowest BCUT2D eigenvalue weighted by Crippen LogP contribution is -2.39. The SMILES string of the molecule is COc1ccc(-c2cn3cc(C4=CCN(C(=O)OC(C)(C)C)CC4)cc(C)c3n2)cc1OC. The summed E-state index contributed by atoms with van der Waals surface area (Å²) in [7, 11) is 3.25. The number of aromatic nitrogens is 2. The van der Waals surface area contributed by atoms with E-state index in [-0.39, 0.29) is 6.09 Å². The molecular formula is C26H31N3O4. The lowest BCUT2D eigenvalue weighted by Gasteiger charge is -2.29. The van der Waals surface area contributed by atoms with Crippen molar-refractivity contribution in [2.75, 3.05) is 27.3 Å². The second-order valence-corrected chi connectivity index (χ2v) is 9.24. The third-order valence-electron chi connectivity index (χ3n) is 5.65. The van der Waals surface area contributed by atoms with Gasteiger partial charge in [-0.3, -0.25) is 0 Å². The van der Waals surface area contributed by atoms with Gasteiger partial charge in [0.15, 0.2) is 11.5 Å². The van der Waals surface area contributed by atoms with Crippen LogP contribution in [-0.4, -0.2) is 53.3 Å². The van der Waals surface area contributed by atoms with Crippen LogP contribution in [0, 0.1) is 6.92 Å². The summed E-state index contributed by atoms with van der Waals surface area (Å²) in [5.74, 6) is 1.36. The number of carbonyl (C=O) groups is 1. The standard InChI is InChI=1S/C26H31N3O4/c1-17-13-20(18-9-11-28(12-10-18)25(30)33-26(2,3)4)15-29-16-21(27-24(17)29)19-7-8-22(31-5)23(14-19)32-6/h7-9,13-16H,10-12H2,1-6H3. The Morgan fingerprint density at radius 3 is 2.42 bits per heavy atom. The molecule has 0 radical (unpaired) electrons. The molecule has 33 heavy (non-hydrogen) atoms. The van der Waals surface area contributed by atoms with Crippen LogP contribution < -0.4 is 9.47 Å². The molecule has 174 valence electrons. The van der Waals surface area contributed by atoms with E-state index in [0.717, 1.165) is 34.5 Å². The van der Waals surface area contributed by atoms with Gasteiger partial charge in [-0.25, -0.2) is 9.78 Å². The van der Waals surface area contributed by atoms with E-state index in [0.29, 0.717) is 24.6 Å². The maximum absolute atomic E-state index is 12.4. The van der Waals surface area contributed by atoms with E-state index in [9.17, 15) is 4.79 Å². The van der Waals surface area contributed by atoms with Crippen molar-refractivity contribution in [2.24, 2.45) is 0 Å². The predicted octanol–water partition coefficient (Wildman–Crippen LogP) is 5.35. The van der Waals surface area contributed by atoms with Crippen molar-refractivity contribution in [1.82, 2.24) is 14.3 Å². The molecule has 7 heteroatoms. The molecule has 7 nitrogen and oxygen atoms in total. The van der Waals surface area contributed by atoms with Gasteiger partial charge in [-0.1, -0.05) is 6.08 Å². The van der Waals surface area contributed by atoms with E-state index in [1.807, 2.05) is 45.2 Å². The van der Waals surface area contributed by atoms with Crippen molar-refractivity contribution >= 4 is 17.3 Å². The minimum atomic E-state index is -0.490. The van der Waals surface area contributed by atoms with Gasteiger partial charge in [0, 0.05) is 31.0 Å². The van der Waals surface area contributed by atoms with Crippen molar-refractivity contribution in [3.8, 4) is 22.8 Å². The first-order valence-electron chi connectivity index (χ1n) is 11.1. The van der Waals surface area contributed by atoms with E-state index in [1.165, 1.54) is 5.57 Å². The number of ether oxygens (including phenoxy) is 3. The second kappa shape index (κ2) is 8.81. The van der Waals surface area contributed by atoms with Crippen LogP contribution in [0.15, 0.2) is 42.7 Å². The number of pyridine rings is 1. The predicted molar refractivity (Wildman–Crippen MR) is 129 cm³/mol. The Labute approximate surface area is 194 Å². The summed E-state index contributed by atoms with van der Waals surface area (Å²) in [5, 5.41) is 0. The van der Waals surface area contributed by atoms with Crippen LogP contribution in [0.2, 0.25) is 0 Å². The average Bonchev–Trinajstić information content (AvgIpc) is 3.22. The van der Waals surface area contributed by atoms with Crippen LogP contribution in [0.25, 0.3) is 22.5 Å². The smallest absolute Gasteiger partial charge is 0.410 e. The van der Waals surface area contributed by atoms with Crippen molar-refractivity contribution < 1.29 is 19.0 Å². The first kappa shape index (κ1) is 22.7. The van der Waals surface area contributed by atoms with Crippen LogP contribution in [0.1, 0.15) is 38.3 Å². The molecule has 1 aromatic carbocycles. The molecule has 0 aliphatic carbocycles. The number of amides is 1. The molecule has 0 unspecified atom stereocenters. The molecule has 0 saturated carbocycles. The zero-order valence-corrected chi connectivity index (χ0v) is 20.1. The fraction of sp³-hybridized carbons (Fsp3) is 0.385. The summed E-state index contributed by atoms with van der Waals surface area (Å²) < 4.78 is 18.4. The maximum atomic E-state index is 12.4. The van der Waals surface area contributed by atoms with Crippen molar-refractivity contribution in [3.05, 3.63) is 53.9 Å².